The van der Waals surface area contributed by atoms with Crippen LogP contribution in [0.25, 0.3) is 0 Å². The smallest absolute Gasteiger partial charge is 0.337 e. The highest BCUT2D eigenvalue weighted by atomic mass is 16.6. The number of rotatable bonds is 3. The average molecular weight is 322 g/mol. The minimum Gasteiger partial charge on any atom is -0.515 e. The first-order valence-electron chi connectivity index (χ1n) is 8.18. The molecule has 2 N–H and O–H groups in total. The fraction of sp³-hybridized carbons (Fsp3) is 0.667. The maximum atomic E-state index is 11.8. The third kappa shape index (κ3) is 4.15. The zero-order valence-electron chi connectivity index (χ0n) is 13.9. The molecule has 0 unspecified atom stereocenters. The van der Waals surface area contributed by atoms with E-state index < -0.39 is 5.97 Å². The number of carbonyl (C=O) groups is 2. The molecule has 0 radical (unpaired) electrons. The Kier molecular flexibility index (Phi) is 5.17. The zero-order valence-corrected chi connectivity index (χ0v) is 13.9. The molecule has 0 aromatic carbocycles. The Bertz CT molecular complexity index is 484. The molecule has 4 bridgehead atoms. The van der Waals surface area contributed by atoms with Crippen LogP contribution in [-0.2, 0) is 14.3 Å². The summed E-state index contributed by atoms with van der Waals surface area (Å²) in [6, 6.07) is 0. The summed E-state index contributed by atoms with van der Waals surface area (Å²) in [5.74, 6) is 1.04. The van der Waals surface area contributed by atoms with E-state index in [1.54, 1.807) is 6.92 Å². The predicted octanol–water partition coefficient (Wildman–Crippen LogP) is 3.61. The summed E-state index contributed by atoms with van der Waals surface area (Å²) in [5, 5.41) is 16.7. The van der Waals surface area contributed by atoms with E-state index in [0.29, 0.717) is 5.57 Å². The van der Waals surface area contributed by atoms with Gasteiger partial charge in [-0.05, 0) is 70.1 Å². The van der Waals surface area contributed by atoms with E-state index in [0.717, 1.165) is 43.3 Å². The number of aliphatic hydroxyl groups excluding tert-OH is 1. The van der Waals surface area contributed by atoms with Crippen molar-refractivity contribution < 1.29 is 24.5 Å². The van der Waals surface area contributed by atoms with Crippen molar-refractivity contribution in [2.24, 2.45) is 17.8 Å². The highest BCUT2D eigenvalue weighted by Crippen LogP contribution is 2.57. The summed E-state index contributed by atoms with van der Waals surface area (Å²) in [6.07, 6.45) is 8.00. The second-order valence-electron chi connectivity index (χ2n) is 7.39. The minimum absolute atomic E-state index is 0.176. The van der Waals surface area contributed by atoms with Gasteiger partial charge in [0.05, 0.1) is 11.8 Å². The Morgan fingerprint density at radius 2 is 1.48 bits per heavy atom. The van der Waals surface area contributed by atoms with Crippen LogP contribution in [0.5, 0.6) is 0 Å². The number of aliphatic carboxylic acids is 1. The van der Waals surface area contributed by atoms with Gasteiger partial charge in [0.1, 0.15) is 5.60 Å². The summed E-state index contributed by atoms with van der Waals surface area (Å²) in [7, 11) is 0. The fourth-order valence-electron chi connectivity index (χ4n) is 4.49. The molecule has 0 aliphatic heterocycles. The van der Waals surface area contributed by atoms with Crippen LogP contribution in [0.2, 0.25) is 0 Å². The van der Waals surface area contributed by atoms with E-state index in [1.165, 1.54) is 26.2 Å². The van der Waals surface area contributed by atoms with Crippen LogP contribution in [0, 0.1) is 17.8 Å². The molecule has 5 nitrogen and oxygen atoms in total. The first-order valence-corrected chi connectivity index (χ1v) is 8.18. The molecule has 23 heavy (non-hydrogen) atoms. The van der Waals surface area contributed by atoms with Crippen LogP contribution >= 0.6 is 0 Å². The second-order valence-corrected chi connectivity index (χ2v) is 7.39. The van der Waals surface area contributed by atoms with Crippen molar-refractivity contribution in [2.75, 3.05) is 0 Å². The number of aliphatic hydroxyl groups is 1. The van der Waals surface area contributed by atoms with Crippen molar-refractivity contribution in [3.63, 3.8) is 0 Å². The molecule has 4 rings (SSSR count). The average Bonchev–Trinajstić information content (AvgIpc) is 2.44. The number of esters is 1. The maximum Gasteiger partial charge on any atom is 0.337 e. The molecule has 4 aliphatic rings. The van der Waals surface area contributed by atoms with Crippen molar-refractivity contribution in [3.05, 3.63) is 24.0 Å². The highest BCUT2D eigenvalue weighted by molar-refractivity contribution is 5.87. The van der Waals surface area contributed by atoms with Gasteiger partial charge in [-0.2, -0.15) is 0 Å². The molecular weight excluding hydrogens is 296 g/mol. The van der Waals surface area contributed by atoms with E-state index in [1.807, 2.05) is 0 Å². The molecule has 0 amide bonds. The molecule has 4 aliphatic carbocycles. The van der Waals surface area contributed by atoms with Crippen molar-refractivity contribution in [2.45, 2.75) is 58.0 Å². The van der Waals surface area contributed by atoms with Gasteiger partial charge in [-0.3, -0.25) is 0 Å². The number of ether oxygens (including phenoxy) is 1. The molecule has 4 saturated carbocycles. The molecule has 0 atom stereocenters. The normalized spacial score (nSPS) is 34.3. The maximum absolute atomic E-state index is 11.8. The molecule has 0 aromatic rings. The van der Waals surface area contributed by atoms with E-state index in [9.17, 15) is 9.59 Å². The lowest BCUT2D eigenvalue weighted by Crippen LogP contribution is -2.52. The third-order valence-corrected chi connectivity index (χ3v) is 5.17. The first-order chi connectivity index (χ1) is 10.7. The largest absolute Gasteiger partial charge is 0.515 e. The van der Waals surface area contributed by atoms with Gasteiger partial charge in [0.15, 0.2) is 0 Å². The van der Waals surface area contributed by atoms with E-state index >= 15 is 0 Å². The molecule has 0 aromatic heterocycles. The van der Waals surface area contributed by atoms with E-state index in [4.69, 9.17) is 14.9 Å². The lowest BCUT2D eigenvalue weighted by Gasteiger charge is -2.55. The lowest BCUT2D eigenvalue weighted by molar-refractivity contribution is -0.182. The summed E-state index contributed by atoms with van der Waals surface area (Å²) in [4.78, 5) is 21.4. The zero-order chi connectivity index (χ0) is 17.2. The van der Waals surface area contributed by atoms with Crippen LogP contribution < -0.4 is 0 Å². The second kappa shape index (κ2) is 6.77. The molecule has 5 heteroatoms. The molecule has 128 valence electrons. The molecular formula is C18H26O5. The van der Waals surface area contributed by atoms with Crippen LogP contribution in [0.1, 0.15) is 52.4 Å². The number of hydrogen-bond acceptors (Lipinski definition) is 4. The topological polar surface area (TPSA) is 83.8 Å². The summed E-state index contributed by atoms with van der Waals surface area (Å²) < 4.78 is 5.74. The van der Waals surface area contributed by atoms with Gasteiger partial charge in [0, 0.05) is 5.57 Å². The molecule has 0 spiro atoms. The molecule has 0 heterocycles. The number of carbonyl (C=O) groups excluding carboxylic acids is 1. The van der Waals surface area contributed by atoms with Crippen molar-refractivity contribution in [1.29, 1.82) is 0 Å². The number of carboxylic acid groups (broad SMARTS) is 1. The van der Waals surface area contributed by atoms with E-state index in [2.05, 4.69) is 6.58 Å². The Morgan fingerprint density at radius 1 is 1.09 bits per heavy atom. The van der Waals surface area contributed by atoms with Gasteiger partial charge in [0.2, 0.25) is 0 Å². The highest BCUT2D eigenvalue weighted by Gasteiger charge is 2.53. The van der Waals surface area contributed by atoms with Gasteiger partial charge in [-0.15, -0.1) is 0 Å². The monoisotopic (exact) mass is 322 g/mol. The SMILES string of the molecule is C=C(C)C(=O)O.CC(=CO)C(=O)OC12CC3CC(CC(C3)C1)C2. The molecule has 0 saturated heterocycles. The number of carboxylic acids is 1. The number of hydrogen-bond donors (Lipinski definition) is 2. The Balaban J connectivity index is 0.000000277. The third-order valence-electron chi connectivity index (χ3n) is 5.17. The standard InChI is InChI=1S/C14H20O3.C4H6O2/c1-9(8-15)13(16)17-14-5-10-2-11(6-14)4-12(3-10)7-14;1-3(2)4(5)6/h8,10-12,15H,2-7H2,1H3;1H2,2H3,(H,5,6). The van der Waals surface area contributed by atoms with Crippen LogP contribution in [0.15, 0.2) is 24.0 Å². The van der Waals surface area contributed by atoms with Crippen LogP contribution in [0.4, 0.5) is 0 Å². The van der Waals surface area contributed by atoms with Crippen molar-refractivity contribution in [3.8, 4) is 0 Å². The molecule has 4 fully saturated rings. The van der Waals surface area contributed by atoms with Crippen LogP contribution in [0.3, 0.4) is 0 Å². The van der Waals surface area contributed by atoms with Crippen molar-refractivity contribution >= 4 is 11.9 Å². The van der Waals surface area contributed by atoms with Crippen molar-refractivity contribution in [1.82, 2.24) is 0 Å². The van der Waals surface area contributed by atoms with Crippen LogP contribution in [-0.4, -0.2) is 27.8 Å². The Labute approximate surface area is 137 Å². The van der Waals surface area contributed by atoms with Gasteiger partial charge >= 0.3 is 11.9 Å². The predicted molar refractivity (Wildman–Crippen MR) is 85.8 cm³/mol. The van der Waals surface area contributed by atoms with E-state index in [-0.39, 0.29) is 17.1 Å². The quantitative estimate of drug-likeness (QED) is 0.471. The van der Waals surface area contributed by atoms with Gasteiger partial charge < -0.3 is 14.9 Å². The Hall–Kier alpha value is -1.78. The summed E-state index contributed by atoms with van der Waals surface area (Å²) in [5.41, 5.74) is 0.284. The Morgan fingerprint density at radius 3 is 1.78 bits per heavy atom. The minimum atomic E-state index is -0.935. The van der Waals surface area contributed by atoms with Gasteiger partial charge in [-0.25, -0.2) is 9.59 Å². The van der Waals surface area contributed by atoms with Gasteiger partial charge in [-0.1, -0.05) is 6.58 Å². The summed E-state index contributed by atoms with van der Waals surface area (Å²) in [6.45, 7) is 6.20. The lowest BCUT2D eigenvalue weighted by atomic mass is 9.54. The van der Waals surface area contributed by atoms with Gasteiger partial charge in [0.25, 0.3) is 0 Å². The summed E-state index contributed by atoms with van der Waals surface area (Å²) >= 11 is 0. The first kappa shape index (κ1) is 17.6. The fourth-order valence-corrected chi connectivity index (χ4v) is 4.49.